The zero-order valence-electron chi connectivity index (χ0n) is 10.7. The third-order valence-electron chi connectivity index (χ3n) is 2.67. The molecule has 0 amide bonds. The summed E-state index contributed by atoms with van der Waals surface area (Å²) in [5.74, 6) is 0.659. The Morgan fingerprint density at radius 1 is 1.21 bits per heavy atom. The topological polar surface area (TPSA) is 68.1 Å². The van der Waals surface area contributed by atoms with Crippen LogP contribution in [0.3, 0.4) is 0 Å². The van der Waals surface area contributed by atoms with Crippen molar-refractivity contribution in [3.63, 3.8) is 0 Å². The summed E-state index contributed by atoms with van der Waals surface area (Å²) in [6.07, 6.45) is 0.972. The van der Waals surface area contributed by atoms with Crippen molar-refractivity contribution in [3.8, 4) is 11.3 Å². The third kappa shape index (κ3) is 3.07. The standard InChI is InChI=1S/C14H15N3O2/c1-2-10-15-13-9-8-12(17(18)19)14(16-13)11-6-4-3-5-7-11/h3-9H,2,10H2,1H3,(H,15,16). The van der Waals surface area contributed by atoms with Crippen LogP contribution >= 0.6 is 0 Å². The van der Waals surface area contributed by atoms with Crippen molar-refractivity contribution in [2.75, 3.05) is 11.9 Å². The molecule has 0 aliphatic carbocycles. The largest absolute Gasteiger partial charge is 0.370 e. The zero-order valence-corrected chi connectivity index (χ0v) is 10.7. The molecule has 1 N–H and O–H groups in total. The maximum atomic E-state index is 11.1. The van der Waals surface area contributed by atoms with Gasteiger partial charge in [0, 0.05) is 18.2 Å². The van der Waals surface area contributed by atoms with E-state index in [1.165, 1.54) is 6.07 Å². The van der Waals surface area contributed by atoms with Crippen molar-refractivity contribution >= 4 is 11.5 Å². The van der Waals surface area contributed by atoms with Crippen LogP contribution < -0.4 is 5.32 Å². The van der Waals surface area contributed by atoms with Crippen LogP contribution in [0, 0.1) is 10.1 Å². The molecule has 0 fully saturated rings. The highest BCUT2D eigenvalue weighted by molar-refractivity contribution is 5.71. The van der Waals surface area contributed by atoms with Gasteiger partial charge in [0.2, 0.25) is 0 Å². The van der Waals surface area contributed by atoms with E-state index in [0.717, 1.165) is 18.5 Å². The highest BCUT2D eigenvalue weighted by Crippen LogP contribution is 2.29. The number of benzene rings is 1. The fourth-order valence-corrected chi connectivity index (χ4v) is 1.76. The predicted octanol–water partition coefficient (Wildman–Crippen LogP) is 3.48. The van der Waals surface area contributed by atoms with Gasteiger partial charge < -0.3 is 5.32 Å². The number of hydrogen-bond acceptors (Lipinski definition) is 4. The molecule has 2 rings (SSSR count). The van der Waals surface area contributed by atoms with Gasteiger partial charge in [0.05, 0.1) is 4.92 Å². The molecule has 2 aromatic rings. The lowest BCUT2D eigenvalue weighted by molar-refractivity contribution is -0.384. The SMILES string of the molecule is CCCNc1ccc([N+](=O)[O-])c(-c2ccccc2)n1. The summed E-state index contributed by atoms with van der Waals surface area (Å²) in [6, 6.07) is 12.3. The van der Waals surface area contributed by atoms with Gasteiger partial charge >= 0.3 is 0 Å². The quantitative estimate of drug-likeness (QED) is 0.657. The Kier molecular flexibility index (Phi) is 4.07. The second kappa shape index (κ2) is 5.95. The summed E-state index contributed by atoms with van der Waals surface area (Å²) in [5.41, 5.74) is 1.16. The van der Waals surface area contributed by atoms with Crippen molar-refractivity contribution < 1.29 is 4.92 Å². The van der Waals surface area contributed by atoms with Gasteiger partial charge in [0.15, 0.2) is 5.69 Å². The second-order valence-electron chi connectivity index (χ2n) is 4.11. The van der Waals surface area contributed by atoms with Gasteiger partial charge in [0.25, 0.3) is 5.69 Å². The summed E-state index contributed by atoms with van der Waals surface area (Å²) in [7, 11) is 0. The van der Waals surface area contributed by atoms with Gasteiger partial charge in [-0.3, -0.25) is 10.1 Å². The Morgan fingerprint density at radius 3 is 2.58 bits per heavy atom. The number of nitrogens with one attached hydrogen (secondary N) is 1. The van der Waals surface area contributed by atoms with Crippen molar-refractivity contribution in [3.05, 3.63) is 52.6 Å². The lowest BCUT2D eigenvalue weighted by Gasteiger charge is -2.07. The summed E-state index contributed by atoms with van der Waals surface area (Å²) in [5, 5.41) is 14.2. The van der Waals surface area contributed by atoms with Crippen molar-refractivity contribution in [2.45, 2.75) is 13.3 Å². The van der Waals surface area contributed by atoms with Crippen LogP contribution in [0.1, 0.15) is 13.3 Å². The Bertz CT molecular complexity index is 570. The van der Waals surface area contributed by atoms with E-state index in [-0.39, 0.29) is 5.69 Å². The van der Waals surface area contributed by atoms with Gasteiger partial charge in [-0.2, -0.15) is 0 Å². The van der Waals surface area contributed by atoms with Crippen molar-refractivity contribution in [2.24, 2.45) is 0 Å². The molecule has 0 atom stereocenters. The van der Waals surface area contributed by atoms with Crippen molar-refractivity contribution in [1.82, 2.24) is 4.98 Å². The fraction of sp³-hybridized carbons (Fsp3) is 0.214. The van der Waals surface area contributed by atoms with Crippen LogP contribution in [0.4, 0.5) is 11.5 Å². The summed E-state index contributed by atoms with van der Waals surface area (Å²) < 4.78 is 0. The number of anilines is 1. The Balaban J connectivity index is 2.45. The Labute approximate surface area is 111 Å². The van der Waals surface area contributed by atoms with Crippen LogP contribution in [0.5, 0.6) is 0 Å². The lowest BCUT2D eigenvalue weighted by Crippen LogP contribution is -2.03. The van der Waals surface area contributed by atoms with Crippen LogP contribution in [0.2, 0.25) is 0 Å². The number of rotatable bonds is 5. The summed E-state index contributed by atoms with van der Waals surface area (Å²) in [4.78, 5) is 15.0. The van der Waals surface area contributed by atoms with E-state index in [9.17, 15) is 10.1 Å². The molecule has 19 heavy (non-hydrogen) atoms. The molecule has 1 aromatic heterocycles. The number of pyridine rings is 1. The third-order valence-corrected chi connectivity index (χ3v) is 2.67. The van der Waals surface area contributed by atoms with E-state index in [4.69, 9.17) is 0 Å². The van der Waals surface area contributed by atoms with E-state index < -0.39 is 4.92 Å². The van der Waals surface area contributed by atoms with Gasteiger partial charge in [-0.25, -0.2) is 4.98 Å². The first-order chi connectivity index (χ1) is 9.22. The molecule has 0 saturated heterocycles. The highest BCUT2D eigenvalue weighted by Gasteiger charge is 2.17. The molecule has 0 saturated carbocycles. The Morgan fingerprint density at radius 2 is 1.95 bits per heavy atom. The molecule has 0 bridgehead atoms. The molecule has 1 heterocycles. The minimum absolute atomic E-state index is 0.0215. The lowest BCUT2D eigenvalue weighted by atomic mass is 10.1. The molecular formula is C14H15N3O2. The molecular weight excluding hydrogens is 242 g/mol. The maximum Gasteiger partial charge on any atom is 0.295 e. The van der Waals surface area contributed by atoms with Gasteiger partial charge in [0.1, 0.15) is 5.82 Å². The van der Waals surface area contributed by atoms with E-state index >= 15 is 0 Å². The molecule has 5 nitrogen and oxygen atoms in total. The molecule has 0 aliphatic rings. The van der Waals surface area contributed by atoms with E-state index in [1.807, 2.05) is 30.3 Å². The molecule has 0 radical (unpaired) electrons. The maximum absolute atomic E-state index is 11.1. The van der Waals surface area contributed by atoms with Crippen LogP contribution in [-0.4, -0.2) is 16.5 Å². The minimum atomic E-state index is -0.404. The molecule has 0 unspecified atom stereocenters. The molecule has 98 valence electrons. The van der Waals surface area contributed by atoms with Crippen molar-refractivity contribution in [1.29, 1.82) is 0 Å². The van der Waals surface area contributed by atoms with E-state index in [2.05, 4.69) is 17.2 Å². The zero-order chi connectivity index (χ0) is 13.7. The van der Waals surface area contributed by atoms with Gasteiger partial charge in [-0.15, -0.1) is 0 Å². The van der Waals surface area contributed by atoms with E-state index in [0.29, 0.717) is 11.5 Å². The predicted molar refractivity (Wildman–Crippen MR) is 75.1 cm³/mol. The molecule has 5 heteroatoms. The highest BCUT2D eigenvalue weighted by atomic mass is 16.6. The molecule has 0 aliphatic heterocycles. The van der Waals surface area contributed by atoms with Crippen LogP contribution in [0.15, 0.2) is 42.5 Å². The van der Waals surface area contributed by atoms with Gasteiger partial charge in [-0.05, 0) is 12.5 Å². The average Bonchev–Trinajstić information content (AvgIpc) is 2.45. The number of aromatic nitrogens is 1. The minimum Gasteiger partial charge on any atom is -0.370 e. The fourth-order valence-electron chi connectivity index (χ4n) is 1.76. The van der Waals surface area contributed by atoms with Gasteiger partial charge in [-0.1, -0.05) is 37.3 Å². The Hall–Kier alpha value is -2.43. The summed E-state index contributed by atoms with van der Waals surface area (Å²) >= 11 is 0. The number of nitro groups is 1. The van der Waals surface area contributed by atoms with E-state index in [1.54, 1.807) is 6.07 Å². The summed E-state index contributed by atoms with van der Waals surface area (Å²) in [6.45, 7) is 2.84. The number of nitrogens with zero attached hydrogens (tertiary/aromatic N) is 2. The molecule has 1 aromatic carbocycles. The first-order valence-electron chi connectivity index (χ1n) is 6.17. The second-order valence-corrected chi connectivity index (χ2v) is 4.11. The first-order valence-corrected chi connectivity index (χ1v) is 6.17. The van der Waals surface area contributed by atoms with Crippen LogP contribution in [-0.2, 0) is 0 Å². The van der Waals surface area contributed by atoms with Crippen LogP contribution in [0.25, 0.3) is 11.3 Å². The molecule has 0 spiro atoms. The monoisotopic (exact) mass is 257 g/mol. The normalized spacial score (nSPS) is 10.2. The average molecular weight is 257 g/mol. The first kappa shape index (κ1) is 13.0. The number of hydrogen-bond donors (Lipinski definition) is 1. The smallest absolute Gasteiger partial charge is 0.295 e.